The molecule has 0 saturated carbocycles. The number of unbranched alkanes of at least 4 members (excludes halogenated alkanes) is 3. The largest absolute Gasteiger partial charge is 0.781 e. The molecule has 0 radical (unpaired) electrons. The van der Waals surface area contributed by atoms with Gasteiger partial charge in [0.05, 0.1) is 11.3 Å². The van der Waals surface area contributed by atoms with Crippen molar-refractivity contribution in [2.24, 2.45) is 0 Å². The van der Waals surface area contributed by atoms with Gasteiger partial charge < -0.3 is 14.9 Å². The van der Waals surface area contributed by atoms with Crippen LogP contribution in [0.5, 0.6) is 17.2 Å². The molecule has 0 bridgehead atoms. The molecule has 3 N–H and O–H groups in total. The van der Waals surface area contributed by atoms with Crippen LogP contribution < -0.4 is 9.26 Å². The van der Waals surface area contributed by atoms with E-state index in [2.05, 4.69) is 4.67 Å². The molecule has 2 rings (SSSR count). The summed E-state index contributed by atoms with van der Waals surface area (Å²) in [7, 11) is -2.79. The number of ether oxygens (including phenoxy) is 1. The summed E-state index contributed by atoms with van der Waals surface area (Å²) in [6, 6.07) is 8.39. The predicted molar refractivity (Wildman–Crippen MR) is 88.6 cm³/mol. The van der Waals surface area contributed by atoms with Crippen LogP contribution in [-0.2, 0) is 9.24 Å². The smallest absolute Gasteiger partial charge is 0.504 e. The van der Waals surface area contributed by atoms with Crippen LogP contribution in [0.3, 0.4) is 0 Å². The van der Waals surface area contributed by atoms with Gasteiger partial charge in [-0.2, -0.15) is 0 Å². The van der Waals surface area contributed by atoms with E-state index in [1.807, 2.05) is 0 Å². The Kier molecular flexibility index (Phi) is 7.21. The number of fused-ring (bicyclic) bond motifs is 1. The van der Waals surface area contributed by atoms with E-state index in [9.17, 15) is 9.67 Å². The number of phenolic OH excluding ortho intramolecular Hbond substituents is 1. The van der Waals surface area contributed by atoms with E-state index < -0.39 is 8.25 Å². The topological polar surface area (TPSA) is 105 Å². The van der Waals surface area contributed by atoms with Crippen LogP contribution in [0, 0.1) is 0 Å². The van der Waals surface area contributed by atoms with Crippen molar-refractivity contribution in [3.05, 3.63) is 30.3 Å². The van der Waals surface area contributed by atoms with Crippen molar-refractivity contribution < 1.29 is 34.0 Å². The van der Waals surface area contributed by atoms with E-state index in [0.29, 0.717) is 23.1 Å². The molecular weight excluding hydrogens is 335 g/mol. The zero-order valence-electron chi connectivity index (χ0n) is 13.1. The highest BCUT2D eigenvalue weighted by Crippen LogP contribution is 2.44. The Morgan fingerprint density at radius 3 is 2.46 bits per heavy atom. The molecule has 2 aromatic carbocycles. The molecule has 0 fully saturated rings. The highest BCUT2D eigenvalue weighted by atomic mass is 31.1. The van der Waals surface area contributed by atoms with Crippen molar-refractivity contribution in [2.75, 3.05) is 13.2 Å². The Balaban J connectivity index is 2.16. The van der Waals surface area contributed by atoms with E-state index in [-0.39, 0.29) is 18.1 Å². The van der Waals surface area contributed by atoms with Crippen molar-refractivity contribution in [3.8, 4) is 17.2 Å². The number of aliphatic hydroxyl groups excluding tert-OH is 1. The Bertz CT molecular complexity index is 689. The fourth-order valence-electron chi connectivity index (χ4n) is 2.36. The standard InChI is InChI=1S/C16H19O7P/c17-9-5-1-2-6-10-21-15-11-14(18)16(22-24(20)23-19)13-8-4-3-7-12(13)15/h3-4,7-8,11,17H,1-2,5-6,9-10H2,(H-,18,19)/p+1. The molecule has 0 aliphatic heterocycles. The molecule has 0 aliphatic carbocycles. The van der Waals surface area contributed by atoms with Crippen LogP contribution in [0.15, 0.2) is 30.3 Å². The first-order valence-corrected chi connectivity index (χ1v) is 8.72. The van der Waals surface area contributed by atoms with Gasteiger partial charge in [-0.1, -0.05) is 30.7 Å². The summed E-state index contributed by atoms with van der Waals surface area (Å²) in [6.45, 7) is 0.670. The van der Waals surface area contributed by atoms with Crippen LogP contribution in [0.1, 0.15) is 25.7 Å². The fraction of sp³-hybridized carbons (Fsp3) is 0.375. The van der Waals surface area contributed by atoms with Crippen molar-refractivity contribution in [3.63, 3.8) is 0 Å². The highest BCUT2D eigenvalue weighted by molar-refractivity contribution is 7.33. The number of hydrogen-bond acceptors (Lipinski definition) is 7. The summed E-state index contributed by atoms with van der Waals surface area (Å²) in [6.07, 6.45) is 3.49. The summed E-state index contributed by atoms with van der Waals surface area (Å²) in [5.74, 6) is 0.179. The van der Waals surface area contributed by atoms with Crippen LogP contribution in [0.25, 0.3) is 10.8 Å². The molecule has 0 aliphatic rings. The molecule has 130 valence electrons. The van der Waals surface area contributed by atoms with Gasteiger partial charge in [-0.05, 0) is 19.3 Å². The van der Waals surface area contributed by atoms with Crippen LogP contribution in [0.4, 0.5) is 0 Å². The van der Waals surface area contributed by atoms with Crippen molar-refractivity contribution in [2.45, 2.75) is 25.7 Å². The van der Waals surface area contributed by atoms with Gasteiger partial charge in [0.25, 0.3) is 0 Å². The second kappa shape index (κ2) is 9.39. The molecule has 0 aromatic heterocycles. The van der Waals surface area contributed by atoms with Crippen molar-refractivity contribution in [1.29, 1.82) is 0 Å². The second-order valence-corrected chi connectivity index (χ2v) is 5.94. The van der Waals surface area contributed by atoms with Gasteiger partial charge in [0, 0.05) is 28.0 Å². The average Bonchev–Trinajstić information content (AvgIpc) is 2.60. The van der Waals surface area contributed by atoms with Crippen LogP contribution in [-0.4, -0.2) is 28.7 Å². The van der Waals surface area contributed by atoms with Gasteiger partial charge >= 0.3 is 8.25 Å². The molecule has 0 amide bonds. The fourth-order valence-corrected chi connectivity index (χ4v) is 2.73. The molecule has 24 heavy (non-hydrogen) atoms. The first kappa shape index (κ1) is 18.4. The molecular formula is C16H20O7P+. The zero-order chi connectivity index (χ0) is 17.4. The third-order valence-electron chi connectivity index (χ3n) is 3.48. The number of hydrogen-bond donors (Lipinski definition) is 3. The monoisotopic (exact) mass is 355 g/mol. The molecule has 0 spiro atoms. The van der Waals surface area contributed by atoms with E-state index >= 15 is 0 Å². The molecule has 2 aromatic rings. The lowest BCUT2D eigenvalue weighted by Gasteiger charge is -2.11. The summed E-state index contributed by atoms with van der Waals surface area (Å²) >= 11 is 0. The number of aromatic hydroxyl groups is 1. The minimum Gasteiger partial charge on any atom is -0.504 e. The van der Waals surface area contributed by atoms with Gasteiger partial charge in [-0.15, -0.1) is 0 Å². The van der Waals surface area contributed by atoms with Crippen LogP contribution >= 0.6 is 8.25 Å². The lowest BCUT2D eigenvalue weighted by atomic mass is 10.1. The third-order valence-corrected chi connectivity index (χ3v) is 3.95. The van der Waals surface area contributed by atoms with Gasteiger partial charge in [-0.25, -0.2) is 9.78 Å². The summed E-state index contributed by atoms with van der Waals surface area (Å²) < 4.78 is 25.6. The van der Waals surface area contributed by atoms with Gasteiger partial charge in [0.2, 0.25) is 5.75 Å². The summed E-state index contributed by atoms with van der Waals surface area (Å²) in [5.41, 5.74) is 0. The molecule has 1 atom stereocenters. The van der Waals surface area contributed by atoms with Gasteiger partial charge in [-0.3, -0.25) is 0 Å². The van der Waals surface area contributed by atoms with E-state index in [4.69, 9.17) is 19.6 Å². The molecule has 0 heterocycles. The minimum atomic E-state index is -2.79. The molecule has 0 saturated heterocycles. The summed E-state index contributed by atoms with van der Waals surface area (Å²) in [4.78, 5) is 0. The lowest BCUT2D eigenvalue weighted by molar-refractivity contribution is -0.137. The van der Waals surface area contributed by atoms with Crippen molar-refractivity contribution >= 4 is 19.0 Å². The van der Waals surface area contributed by atoms with Gasteiger partial charge in [0.1, 0.15) is 5.75 Å². The Labute approximate surface area is 140 Å². The Hall–Kier alpha value is -1.92. The quantitative estimate of drug-likeness (QED) is 0.256. The minimum absolute atomic E-state index is 0.0453. The summed E-state index contributed by atoms with van der Waals surface area (Å²) in [5, 5.41) is 28.4. The van der Waals surface area contributed by atoms with E-state index in [1.165, 1.54) is 6.07 Å². The van der Waals surface area contributed by atoms with Crippen molar-refractivity contribution in [1.82, 2.24) is 0 Å². The Morgan fingerprint density at radius 2 is 1.75 bits per heavy atom. The SMILES string of the molecule is O=[P+](OO)Oc1c(O)cc(OCCCCCCO)c2ccccc12. The van der Waals surface area contributed by atoms with E-state index in [1.54, 1.807) is 24.3 Å². The zero-order valence-corrected chi connectivity index (χ0v) is 13.9. The normalized spacial score (nSPS) is 11.5. The maximum atomic E-state index is 11.3. The number of rotatable bonds is 10. The lowest BCUT2D eigenvalue weighted by Crippen LogP contribution is -1.99. The van der Waals surface area contributed by atoms with Gasteiger partial charge in [0.15, 0.2) is 5.75 Å². The number of aliphatic hydroxyl groups is 1. The van der Waals surface area contributed by atoms with E-state index in [0.717, 1.165) is 25.7 Å². The maximum absolute atomic E-state index is 11.3. The Morgan fingerprint density at radius 1 is 1.04 bits per heavy atom. The second-order valence-electron chi connectivity index (χ2n) is 5.15. The third kappa shape index (κ3) is 4.79. The predicted octanol–water partition coefficient (Wildman–Crippen LogP) is 4.00. The highest BCUT2D eigenvalue weighted by Gasteiger charge is 2.27. The molecule has 8 heteroatoms. The molecule has 1 unspecified atom stereocenters. The average molecular weight is 355 g/mol. The first-order chi connectivity index (χ1) is 11.7. The van der Waals surface area contributed by atoms with Crippen LogP contribution in [0.2, 0.25) is 0 Å². The number of benzene rings is 2. The molecule has 7 nitrogen and oxygen atoms in total. The number of phenols is 1. The maximum Gasteiger partial charge on any atom is 0.781 e. The first-order valence-electron chi connectivity index (χ1n) is 7.62.